The molecule has 0 atom stereocenters. The number of halogens is 1. The van der Waals surface area contributed by atoms with Crippen LogP contribution in [0.2, 0.25) is 0 Å². The Hall–Kier alpha value is -1.95. The van der Waals surface area contributed by atoms with Crippen molar-refractivity contribution < 1.29 is 13.7 Å². The Balaban J connectivity index is 2.08. The van der Waals surface area contributed by atoms with E-state index < -0.39 is 0 Å². The van der Waals surface area contributed by atoms with Gasteiger partial charge < -0.3 is 14.6 Å². The molecule has 2 rings (SSSR count). The summed E-state index contributed by atoms with van der Waals surface area (Å²) >= 11 is 0. The number of benzene rings is 1. The average Bonchev–Trinajstić information content (AvgIpc) is 2.75. The number of ether oxygens (including phenoxy) is 1. The van der Waals surface area contributed by atoms with Crippen LogP contribution < -0.4 is 10.1 Å². The van der Waals surface area contributed by atoms with E-state index in [2.05, 4.69) is 15.5 Å². The highest BCUT2D eigenvalue weighted by Crippen LogP contribution is 2.20. The molecular formula is C12H14FN3O2. The van der Waals surface area contributed by atoms with Crippen molar-refractivity contribution in [2.75, 3.05) is 7.05 Å². The Morgan fingerprint density at radius 1 is 1.44 bits per heavy atom. The van der Waals surface area contributed by atoms with Gasteiger partial charge in [-0.1, -0.05) is 5.16 Å². The summed E-state index contributed by atoms with van der Waals surface area (Å²) in [6, 6.07) is 4.38. The molecule has 0 unspecified atom stereocenters. The Morgan fingerprint density at radius 3 is 2.94 bits per heavy atom. The first-order chi connectivity index (χ1) is 8.69. The molecule has 0 saturated carbocycles. The fourth-order valence-electron chi connectivity index (χ4n) is 1.56. The third-order valence-corrected chi connectivity index (χ3v) is 2.31. The lowest BCUT2D eigenvalue weighted by atomic mass is 10.2. The molecule has 0 radical (unpaired) electrons. The molecular weight excluding hydrogens is 237 g/mol. The van der Waals surface area contributed by atoms with Crippen LogP contribution in [0.3, 0.4) is 0 Å². The highest BCUT2D eigenvalue weighted by molar-refractivity contribution is 5.33. The van der Waals surface area contributed by atoms with E-state index in [1.807, 2.05) is 0 Å². The minimum Gasteiger partial charge on any atom is -0.483 e. The zero-order valence-electron chi connectivity index (χ0n) is 10.2. The standard InChI is InChI=1S/C12H14FN3O2/c1-8-15-12(18-16-8)7-17-11-4-3-10(13)5-9(11)6-14-2/h3-5,14H,6-7H2,1-2H3. The van der Waals surface area contributed by atoms with Crippen molar-refractivity contribution in [1.29, 1.82) is 0 Å². The van der Waals surface area contributed by atoms with Crippen LogP contribution in [0.25, 0.3) is 0 Å². The molecule has 0 bridgehead atoms. The predicted molar refractivity (Wildman–Crippen MR) is 62.5 cm³/mol. The molecule has 18 heavy (non-hydrogen) atoms. The van der Waals surface area contributed by atoms with Gasteiger partial charge >= 0.3 is 0 Å². The van der Waals surface area contributed by atoms with Gasteiger partial charge in [0, 0.05) is 12.1 Å². The highest BCUT2D eigenvalue weighted by Gasteiger charge is 2.08. The lowest BCUT2D eigenvalue weighted by Gasteiger charge is -2.09. The fourth-order valence-corrected chi connectivity index (χ4v) is 1.56. The quantitative estimate of drug-likeness (QED) is 0.878. The predicted octanol–water partition coefficient (Wildman–Crippen LogP) is 1.82. The average molecular weight is 251 g/mol. The molecule has 1 N–H and O–H groups in total. The van der Waals surface area contributed by atoms with Gasteiger partial charge in [-0.3, -0.25) is 0 Å². The number of nitrogens with one attached hydrogen (secondary N) is 1. The van der Waals surface area contributed by atoms with Gasteiger partial charge in [0.2, 0.25) is 0 Å². The van der Waals surface area contributed by atoms with E-state index in [4.69, 9.17) is 9.26 Å². The normalized spacial score (nSPS) is 10.6. The topological polar surface area (TPSA) is 60.2 Å². The summed E-state index contributed by atoms with van der Waals surface area (Å²) in [5.41, 5.74) is 0.744. The van der Waals surface area contributed by atoms with Gasteiger partial charge in [-0.2, -0.15) is 4.98 Å². The Labute approximate surface area is 104 Å². The maximum Gasteiger partial charge on any atom is 0.264 e. The maximum atomic E-state index is 13.1. The first-order valence-corrected chi connectivity index (χ1v) is 5.54. The van der Waals surface area contributed by atoms with Gasteiger partial charge in [0.25, 0.3) is 5.89 Å². The van der Waals surface area contributed by atoms with Crippen LogP contribution in [-0.2, 0) is 13.2 Å². The zero-order chi connectivity index (χ0) is 13.0. The third kappa shape index (κ3) is 3.04. The molecule has 1 aromatic heterocycles. The summed E-state index contributed by atoms with van der Waals surface area (Å²) in [6.45, 7) is 2.43. The highest BCUT2D eigenvalue weighted by atomic mass is 19.1. The second-order valence-electron chi connectivity index (χ2n) is 3.81. The Bertz CT molecular complexity index is 528. The van der Waals surface area contributed by atoms with E-state index in [-0.39, 0.29) is 12.4 Å². The summed E-state index contributed by atoms with van der Waals surface area (Å²) < 4.78 is 23.6. The molecule has 0 fully saturated rings. The number of hydrogen-bond donors (Lipinski definition) is 1. The molecule has 0 aliphatic rings. The van der Waals surface area contributed by atoms with E-state index in [0.717, 1.165) is 5.56 Å². The molecule has 96 valence electrons. The number of hydrogen-bond acceptors (Lipinski definition) is 5. The SMILES string of the molecule is CNCc1cc(F)ccc1OCc1nc(C)no1. The number of rotatable bonds is 5. The molecule has 1 heterocycles. The van der Waals surface area contributed by atoms with Crippen molar-refractivity contribution in [2.24, 2.45) is 0 Å². The van der Waals surface area contributed by atoms with Crippen LogP contribution in [0.4, 0.5) is 4.39 Å². The first kappa shape index (κ1) is 12.5. The van der Waals surface area contributed by atoms with Gasteiger partial charge in [-0.05, 0) is 32.2 Å². The molecule has 0 amide bonds. The molecule has 2 aromatic rings. The van der Waals surface area contributed by atoms with Crippen molar-refractivity contribution in [2.45, 2.75) is 20.1 Å². The number of aromatic nitrogens is 2. The van der Waals surface area contributed by atoms with Gasteiger partial charge in [0.15, 0.2) is 12.4 Å². The van der Waals surface area contributed by atoms with Crippen LogP contribution in [0.5, 0.6) is 5.75 Å². The van der Waals surface area contributed by atoms with Gasteiger partial charge in [0.05, 0.1) is 0 Å². The molecule has 1 aromatic carbocycles. The summed E-state index contributed by atoms with van der Waals surface area (Å²) in [7, 11) is 1.79. The van der Waals surface area contributed by atoms with Crippen molar-refractivity contribution in [3.8, 4) is 5.75 Å². The van der Waals surface area contributed by atoms with Crippen LogP contribution in [-0.4, -0.2) is 17.2 Å². The van der Waals surface area contributed by atoms with Crippen molar-refractivity contribution in [1.82, 2.24) is 15.5 Å². The Kier molecular flexibility index (Phi) is 3.88. The maximum absolute atomic E-state index is 13.1. The van der Waals surface area contributed by atoms with Crippen molar-refractivity contribution in [3.63, 3.8) is 0 Å². The van der Waals surface area contributed by atoms with E-state index in [9.17, 15) is 4.39 Å². The molecule has 5 nitrogen and oxygen atoms in total. The van der Waals surface area contributed by atoms with E-state index in [1.54, 1.807) is 20.0 Å². The minimum atomic E-state index is -0.291. The summed E-state index contributed by atoms with van der Waals surface area (Å²) in [5, 5.41) is 6.62. The summed E-state index contributed by atoms with van der Waals surface area (Å²) in [6.07, 6.45) is 0. The fraction of sp³-hybridized carbons (Fsp3) is 0.333. The smallest absolute Gasteiger partial charge is 0.264 e. The minimum absolute atomic E-state index is 0.170. The van der Waals surface area contributed by atoms with E-state index >= 15 is 0 Å². The molecule has 0 aliphatic heterocycles. The number of nitrogens with zero attached hydrogens (tertiary/aromatic N) is 2. The number of aryl methyl sites for hydroxylation is 1. The molecule has 0 aliphatic carbocycles. The van der Waals surface area contributed by atoms with Gasteiger partial charge in [0.1, 0.15) is 11.6 Å². The van der Waals surface area contributed by atoms with Crippen molar-refractivity contribution in [3.05, 3.63) is 41.3 Å². The lowest BCUT2D eigenvalue weighted by molar-refractivity contribution is 0.240. The first-order valence-electron chi connectivity index (χ1n) is 5.54. The van der Waals surface area contributed by atoms with Crippen molar-refractivity contribution >= 4 is 0 Å². The summed E-state index contributed by atoms with van der Waals surface area (Å²) in [4.78, 5) is 4.03. The molecule has 0 saturated heterocycles. The second kappa shape index (κ2) is 5.59. The monoisotopic (exact) mass is 251 g/mol. The van der Waals surface area contributed by atoms with Crippen LogP contribution in [0.15, 0.2) is 22.7 Å². The van der Waals surface area contributed by atoms with Crippen LogP contribution in [0.1, 0.15) is 17.3 Å². The van der Waals surface area contributed by atoms with Gasteiger partial charge in [-0.15, -0.1) is 0 Å². The molecule has 0 spiro atoms. The zero-order valence-corrected chi connectivity index (χ0v) is 10.2. The van der Waals surface area contributed by atoms with E-state index in [0.29, 0.717) is 24.0 Å². The van der Waals surface area contributed by atoms with Crippen LogP contribution >= 0.6 is 0 Å². The lowest BCUT2D eigenvalue weighted by Crippen LogP contribution is -2.08. The summed E-state index contributed by atoms with van der Waals surface area (Å²) in [5.74, 6) is 1.26. The third-order valence-electron chi connectivity index (χ3n) is 2.31. The second-order valence-corrected chi connectivity index (χ2v) is 3.81. The largest absolute Gasteiger partial charge is 0.483 e. The van der Waals surface area contributed by atoms with Crippen LogP contribution in [0, 0.1) is 12.7 Å². The van der Waals surface area contributed by atoms with Gasteiger partial charge in [-0.25, -0.2) is 4.39 Å². The molecule has 6 heteroatoms. The van der Waals surface area contributed by atoms with E-state index in [1.165, 1.54) is 12.1 Å². The Morgan fingerprint density at radius 2 is 2.28 bits per heavy atom.